The van der Waals surface area contributed by atoms with Gasteiger partial charge in [0.1, 0.15) is 6.10 Å². The maximum atomic E-state index is 13.0. The second-order valence-electron chi connectivity index (χ2n) is 10.2. The van der Waals surface area contributed by atoms with Crippen LogP contribution in [0.1, 0.15) is 53.2 Å². The number of hydrogen-bond donors (Lipinski definition) is 2. The Labute approximate surface area is 242 Å². The number of fused-ring (bicyclic) bond motifs is 1. The van der Waals surface area contributed by atoms with Crippen LogP contribution < -0.4 is 4.80 Å². The highest BCUT2D eigenvalue weighted by Crippen LogP contribution is 2.36. The summed E-state index contributed by atoms with van der Waals surface area (Å²) in [6.07, 6.45) is 0.500. The van der Waals surface area contributed by atoms with Crippen molar-refractivity contribution in [1.82, 2.24) is 19.7 Å². The minimum absolute atomic E-state index is 0.0678. The Hall–Kier alpha value is -2.99. The fourth-order valence-corrected chi connectivity index (χ4v) is 8.02. The van der Waals surface area contributed by atoms with Crippen molar-refractivity contribution in [2.45, 2.75) is 43.1 Å². The molecule has 0 saturated carbocycles. The maximum Gasteiger partial charge on any atom is 0.223 e. The van der Waals surface area contributed by atoms with E-state index in [2.05, 4.69) is 15.2 Å². The molecule has 1 unspecified atom stereocenters. The van der Waals surface area contributed by atoms with Gasteiger partial charge in [-0.25, -0.2) is 8.42 Å². The number of aromatic nitrogens is 3. The first-order valence-electron chi connectivity index (χ1n) is 13.1. The summed E-state index contributed by atoms with van der Waals surface area (Å²) in [5.74, 6) is -0.254. The molecule has 0 spiro atoms. The standard InChI is InChI=1S/C28H32ClN5O4S2/c1-17-14-23(32-31-17)26(36)25-27(39-28(30-2)33(25)3)18-8-11-34(12-9-18)24(35)10-13-40(37,38)22-7-5-19-15-21(29)6-4-20(19)16-22/h4-7,14-16,18,26,36H,8-13H2,1-3H3,(H,31,32)/b30-28-. The van der Waals surface area contributed by atoms with Crippen LogP contribution in [0.15, 0.2) is 52.4 Å². The Kier molecular flexibility index (Phi) is 8.19. The van der Waals surface area contributed by atoms with Gasteiger partial charge in [0.2, 0.25) is 5.91 Å². The van der Waals surface area contributed by atoms with Gasteiger partial charge in [0, 0.05) is 43.5 Å². The highest BCUT2D eigenvalue weighted by molar-refractivity contribution is 7.91. The first-order chi connectivity index (χ1) is 19.1. The average molecular weight is 602 g/mol. The number of nitrogens with zero attached hydrogens (tertiary/aromatic N) is 4. The minimum Gasteiger partial charge on any atom is -0.380 e. The van der Waals surface area contributed by atoms with Crippen LogP contribution in [0.25, 0.3) is 10.8 Å². The molecule has 1 amide bonds. The number of piperidine rings is 1. The summed E-state index contributed by atoms with van der Waals surface area (Å²) in [4.78, 5) is 21.2. The lowest BCUT2D eigenvalue weighted by atomic mass is 9.92. The summed E-state index contributed by atoms with van der Waals surface area (Å²) in [7, 11) is 0.00588. The number of thiazole rings is 1. The Morgan fingerprint density at radius 1 is 1.20 bits per heavy atom. The van der Waals surface area contributed by atoms with E-state index in [0.29, 0.717) is 23.8 Å². The number of carbonyl (C=O) groups excluding carboxylic acids is 1. The molecule has 2 aromatic heterocycles. The average Bonchev–Trinajstić information content (AvgIpc) is 3.53. The monoisotopic (exact) mass is 601 g/mol. The number of halogens is 1. The number of rotatable bonds is 7. The van der Waals surface area contributed by atoms with Crippen molar-refractivity contribution < 1.29 is 18.3 Å². The maximum absolute atomic E-state index is 13.0. The molecule has 1 fully saturated rings. The zero-order chi connectivity index (χ0) is 28.6. The smallest absolute Gasteiger partial charge is 0.223 e. The molecule has 1 aliphatic rings. The number of hydrogen-bond acceptors (Lipinski definition) is 7. The lowest BCUT2D eigenvalue weighted by Gasteiger charge is -2.32. The van der Waals surface area contributed by atoms with E-state index in [0.717, 1.165) is 44.7 Å². The van der Waals surface area contributed by atoms with Gasteiger partial charge in [0.15, 0.2) is 14.6 Å². The molecule has 1 saturated heterocycles. The van der Waals surface area contributed by atoms with Crippen LogP contribution in [0, 0.1) is 6.92 Å². The third kappa shape index (κ3) is 5.74. The summed E-state index contributed by atoms with van der Waals surface area (Å²) < 4.78 is 27.9. The van der Waals surface area contributed by atoms with Gasteiger partial charge in [0.05, 0.1) is 27.7 Å². The van der Waals surface area contributed by atoms with Crippen molar-refractivity contribution in [1.29, 1.82) is 0 Å². The highest BCUT2D eigenvalue weighted by Gasteiger charge is 2.31. The Morgan fingerprint density at radius 2 is 1.90 bits per heavy atom. The van der Waals surface area contributed by atoms with Crippen LogP contribution in [0.4, 0.5) is 0 Å². The molecule has 1 atom stereocenters. The van der Waals surface area contributed by atoms with Crippen LogP contribution in [0.3, 0.4) is 0 Å². The van der Waals surface area contributed by atoms with Gasteiger partial charge in [-0.05, 0) is 66.8 Å². The number of benzene rings is 2. The normalized spacial score (nSPS) is 16.1. The van der Waals surface area contributed by atoms with E-state index in [1.165, 1.54) is 0 Å². The summed E-state index contributed by atoms with van der Waals surface area (Å²) in [6.45, 7) is 2.92. The minimum atomic E-state index is -3.62. The number of aryl methyl sites for hydroxylation is 1. The molecule has 40 heavy (non-hydrogen) atoms. The lowest BCUT2D eigenvalue weighted by molar-refractivity contribution is -0.131. The molecule has 3 heterocycles. The van der Waals surface area contributed by atoms with Crippen molar-refractivity contribution in [2.24, 2.45) is 12.0 Å². The van der Waals surface area contributed by atoms with Gasteiger partial charge in [0.25, 0.3) is 0 Å². The molecular weight excluding hydrogens is 570 g/mol. The summed E-state index contributed by atoms with van der Waals surface area (Å²) >= 11 is 7.59. The fraction of sp³-hybridized carbons (Fsp3) is 0.393. The third-order valence-corrected chi connectivity index (χ3v) is 10.9. The molecule has 212 valence electrons. The number of aliphatic hydroxyl groups is 1. The summed E-state index contributed by atoms with van der Waals surface area (Å²) in [5.41, 5.74) is 2.20. The quantitative estimate of drug-likeness (QED) is 0.330. The summed E-state index contributed by atoms with van der Waals surface area (Å²) in [6, 6.07) is 12.1. The molecule has 5 rings (SSSR count). The van der Waals surface area contributed by atoms with Crippen LogP contribution >= 0.6 is 22.9 Å². The SMILES string of the molecule is C/N=c1\sc(C2CCN(C(=O)CCS(=O)(=O)c3ccc4cc(Cl)ccc4c3)CC2)c(C(O)c2cc(C)n[nH]2)n1C. The zero-order valence-corrected chi connectivity index (χ0v) is 25.0. The van der Waals surface area contributed by atoms with Gasteiger partial charge in [-0.3, -0.25) is 14.9 Å². The number of aromatic amines is 1. The van der Waals surface area contributed by atoms with Gasteiger partial charge < -0.3 is 14.6 Å². The van der Waals surface area contributed by atoms with Gasteiger partial charge in [-0.2, -0.15) is 5.10 Å². The molecule has 9 nitrogen and oxygen atoms in total. The number of nitrogens with one attached hydrogen (secondary N) is 1. The summed E-state index contributed by atoms with van der Waals surface area (Å²) in [5, 5.41) is 20.5. The first-order valence-corrected chi connectivity index (χ1v) is 15.9. The Bertz CT molecular complexity index is 1730. The van der Waals surface area contributed by atoms with E-state index in [1.54, 1.807) is 59.7 Å². The molecule has 2 aromatic carbocycles. The molecular formula is C28H32ClN5O4S2. The van der Waals surface area contributed by atoms with Crippen molar-refractivity contribution in [3.63, 3.8) is 0 Å². The molecule has 0 aliphatic carbocycles. The predicted octanol–water partition coefficient (Wildman–Crippen LogP) is 4.11. The molecule has 1 aliphatic heterocycles. The van der Waals surface area contributed by atoms with Crippen LogP contribution in [-0.2, 0) is 21.7 Å². The third-order valence-electron chi connectivity index (χ3n) is 7.51. The Morgan fingerprint density at radius 3 is 2.58 bits per heavy atom. The second kappa shape index (κ2) is 11.5. The first kappa shape index (κ1) is 28.5. The second-order valence-corrected chi connectivity index (χ2v) is 13.7. The van der Waals surface area contributed by atoms with Crippen LogP contribution in [0.5, 0.6) is 0 Å². The number of H-pyrrole nitrogens is 1. The molecule has 2 N–H and O–H groups in total. The molecule has 12 heteroatoms. The van der Waals surface area contributed by atoms with E-state index in [1.807, 2.05) is 24.6 Å². The van der Waals surface area contributed by atoms with E-state index >= 15 is 0 Å². The lowest BCUT2D eigenvalue weighted by Crippen LogP contribution is -2.38. The largest absolute Gasteiger partial charge is 0.380 e. The van der Waals surface area contributed by atoms with Crippen molar-refractivity contribution in [2.75, 3.05) is 25.9 Å². The molecule has 0 bridgehead atoms. The highest BCUT2D eigenvalue weighted by atomic mass is 35.5. The number of sulfone groups is 1. The number of carbonyl (C=O) groups is 1. The number of aliphatic hydroxyl groups excluding tert-OH is 1. The van der Waals surface area contributed by atoms with Crippen molar-refractivity contribution in [3.05, 3.63) is 74.2 Å². The van der Waals surface area contributed by atoms with E-state index in [9.17, 15) is 18.3 Å². The number of likely N-dealkylation sites (tertiary alicyclic amines) is 1. The zero-order valence-electron chi connectivity index (χ0n) is 22.6. The molecule has 4 aromatic rings. The van der Waals surface area contributed by atoms with Gasteiger partial charge in [-0.1, -0.05) is 23.7 Å². The van der Waals surface area contributed by atoms with Gasteiger partial charge in [-0.15, -0.1) is 11.3 Å². The van der Waals surface area contributed by atoms with Crippen molar-refractivity contribution >= 4 is 49.5 Å². The van der Waals surface area contributed by atoms with E-state index < -0.39 is 15.9 Å². The fourth-order valence-electron chi connectivity index (χ4n) is 5.30. The molecule has 0 radical (unpaired) electrons. The van der Waals surface area contributed by atoms with E-state index in [4.69, 9.17) is 11.6 Å². The Balaban J connectivity index is 1.24. The van der Waals surface area contributed by atoms with Crippen molar-refractivity contribution in [3.8, 4) is 0 Å². The number of amides is 1. The predicted molar refractivity (Wildman–Crippen MR) is 156 cm³/mol. The topological polar surface area (TPSA) is 121 Å². The van der Waals surface area contributed by atoms with E-state index in [-0.39, 0.29) is 28.9 Å². The van der Waals surface area contributed by atoms with Gasteiger partial charge >= 0.3 is 0 Å². The van der Waals surface area contributed by atoms with Crippen LogP contribution in [-0.4, -0.2) is 65.0 Å². The van der Waals surface area contributed by atoms with Crippen LogP contribution in [0.2, 0.25) is 5.02 Å².